The Hall–Kier alpha value is -2.94. The minimum Gasteiger partial charge on any atom is -0.350 e. The zero-order valence-corrected chi connectivity index (χ0v) is 20.3. The molecular formula is C30H41NO2. The smallest absolute Gasteiger partial charge is 0.179 e. The lowest BCUT2D eigenvalue weighted by molar-refractivity contribution is 0.0975. The molecule has 33 heavy (non-hydrogen) atoms. The minimum atomic E-state index is 0.0806. The van der Waals surface area contributed by atoms with Gasteiger partial charge in [-0.25, -0.2) is 0 Å². The summed E-state index contributed by atoms with van der Waals surface area (Å²) in [5, 5.41) is 0. The van der Waals surface area contributed by atoms with E-state index in [9.17, 15) is 9.59 Å². The molecule has 0 aromatic carbocycles. The number of ketones is 1. The summed E-state index contributed by atoms with van der Waals surface area (Å²) in [6, 6.07) is 3.33. The van der Waals surface area contributed by atoms with Crippen LogP contribution in [-0.4, -0.2) is 17.1 Å². The second kappa shape index (κ2) is 20.9. The number of allylic oxidation sites excluding steroid dienone is 12. The third-order valence-corrected chi connectivity index (χ3v) is 5.01. The molecule has 0 radical (unpaired) electrons. The average molecular weight is 448 g/mol. The fourth-order valence-electron chi connectivity index (χ4n) is 3.14. The maximum atomic E-state index is 12.0. The van der Waals surface area contributed by atoms with E-state index < -0.39 is 0 Å². The molecular weight excluding hydrogens is 406 g/mol. The van der Waals surface area contributed by atoms with Gasteiger partial charge in [-0.3, -0.25) is 9.59 Å². The summed E-state index contributed by atoms with van der Waals surface area (Å²) in [6.07, 6.45) is 38.0. The van der Waals surface area contributed by atoms with Crippen LogP contribution < -0.4 is 0 Å². The van der Waals surface area contributed by atoms with Gasteiger partial charge in [-0.15, -0.1) is 0 Å². The van der Waals surface area contributed by atoms with Crippen molar-refractivity contribution in [3.63, 3.8) is 0 Å². The van der Waals surface area contributed by atoms with E-state index in [1.54, 1.807) is 12.1 Å². The van der Waals surface area contributed by atoms with Gasteiger partial charge < -0.3 is 4.98 Å². The van der Waals surface area contributed by atoms with Crippen molar-refractivity contribution in [1.29, 1.82) is 0 Å². The number of aromatic nitrogens is 1. The Bertz CT molecular complexity index is 818. The Kier molecular flexibility index (Phi) is 17.8. The quantitative estimate of drug-likeness (QED) is 0.0998. The number of aromatic amines is 1. The van der Waals surface area contributed by atoms with Gasteiger partial charge in [-0.05, 0) is 69.9 Å². The molecule has 0 unspecified atom stereocenters. The molecule has 1 aromatic heterocycles. The van der Waals surface area contributed by atoms with Crippen LogP contribution in [0, 0.1) is 0 Å². The SMILES string of the molecule is CC/C=C\C/C=C\C/C=C\C/C=C\C/C=C\C/C=C\CCCCCC(=O)c1ccc(C=O)[nH]1. The van der Waals surface area contributed by atoms with Gasteiger partial charge in [0.2, 0.25) is 0 Å². The fourth-order valence-corrected chi connectivity index (χ4v) is 3.14. The number of aldehydes is 1. The van der Waals surface area contributed by atoms with Crippen molar-refractivity contribution in [2.24, 2.45) is 0 Å². The summed E-state index contributed by atoms with van der Waals surface area (Å²) >= 11 is 0. The van der Waals surface area contributed by atoms with Crippen LogP contribution >= 0.6 is 0 Å². The molecule has 178 valence electrons. The Morgan fingerprint density at radius 2 is 1.21 bits per heavy atom. The number of unbranched alkanes of at least 4 members (excludes halogenated alkanes) is 3. The summed E-state index contributed by atoms with van der Waals surface area (Å²) in [4.78, 5) is 25.5. The molecule has 0 saturated heterocycles. The van der Waals surface area contributed by atoms with Gasteiger partial charge in [0.05, 0.1) is 11.4 Å². The average Bonchev–Trinajstić information content (AvgIpc) is 3.32. The number of rotatable bonds is 19. The molecule has 0 fully saturated rings. The van der Waals surface area contributed by atoms with Crippen LogP contribution in [0.5, 0.6) is 0 Å². The van der Waals surface area contributed by atoms with Crippen LogP contribution in [0.1, 0.15) is 98.5 Å². The molecule has 0 amide bonds. The first-order chi connectivity index (χ1) is 16.3. The molecule has 0 aliphatic carbocycles. The number of hydrogen-bond donors (Lipinski definition) is 1. The highest BCUT2D eigenvalue weighted by molar-refractivity contribution is 5.95. The molecule has 3 nitrogen and oxygen atoms in total. The minimum absolute atomic E-state index is 0.0806. The number of hydrogen-bond acceptors (Lipinski definition) is 2. The molecule has 3 heteroatoms. The van der Waals surface area contributed by atoms with Crippen LogP contribution in [0.3, 0.4) is 0 Å². The van der Waals surface area contributed by atoms with Gasteiger partial charge in [0.25, 0.3) is 0 Å². The fraction of sp³-hybridized carbons (Fsp3) is 0.400. The van der Waals surface area contributed by atoms with E-state index in [0.717, 1.165) is 70.5 Å². The van der Waals surface area contributed by atoms with Gasteiger partial charge in [-0.2, -0.15) is 0 Å². The van der Waals surface area contributed by atoms with E-state index in [0.29, 0.717) is 17.8 Å². The predicted molar refractivity (Wildman–Crippen MR) is 142 cm³/mol. The topological polar surface area (TPSA) is 49.9 Å². The van der Waals surface area contributed by atoms with Crippen molar-refractivity contribution < 1.29 is 9.59 Å². The second-order valence-corrected chi connectivity index (χ2v) is 7.88. The molecule has 0 aliphatic heterocycles. The van der Waals surface area contributed by atoms with E-state index in [-0.39, 0.29) is 5.78 Å². The van der Waals surface area contributed by atoms with E-state index in [4.69, 9.17) is 0 Å². The molecule has 0 atom stereocenters. The Balaban J connectivity index is 1.94. The van der Waals surface area contributed by atoms with Gasteiger partial charge in [0.15, 0.2) is 12.1 Å². The van der Waals surface area contributed by atoms with E-state index in [2.05, 4.69) is 84.8 Å². The normalized spacial score (nSPS) is 12.6. The highest BCUT2D eigenvalue weighted by Gasteiger charge is 2.07. The standard InChI is InChI=1S/C30H41NO2/c1-2-3-4-5-6-7-8-9-10-11-12-13-14-15-16-17-18-19-20-21-22-23-24-30(33)29-26-25-28(27-32)31-29/h3-4,6-7,9-10,12-13,15-16,18-19,25-27,31H,2,5,8,11,14,17,20-24H2,1H3/b4-3-,7-6-,10-9-,13-12-,16-15-,19-18-. The zero-order chi connectivity index (χ0) is 23.8. The lowest BCUT2D eigenvalue weighted by Gasteiger charge is -1.98. The maximum Gasteiger partial charge on any atom is 0.179 e. The van der Waals surface area contributed by atoms with Gasteiger partial charge in [-0.1, -0.05) is 86.3 Å². The second-order valence-electron chi connectivity index (χ2n) is 7.88. The number of Topliss-reactive ketones (excluding diaryl/α,β-unsaturated/α-hetero) is 1. The largest absolute Gasteiger partial charge is 0.350 e. The molecule has 0 saturated carbocycles. The van der Waals surface area contributed by atoms with Crippen molar-refractivity contribution in [2.45, 2.75) is 77.6 Å². The monoisotopic (exact) mass is 447 g/mol. The van der Waals surface area contributed by atoms with Crippen molar-refractivity contribution in [3.8, 4) is 0 Å². The van der Waals surface area contributed by atoms with Crippen LogP contribution in [0.2, 0.25) is 0 Å². The first-order valence-electron chi connectivity index (χ1n) is 12.3. The number of nitrogens with one attached hydrogen (secondary N) is 1. The summed E-state index contributed by atoms with van der Waals surface area (Å²) in [5.74, 6) is 0.0806. The lowest BCUT2D eigenvalue weighted by Crippen LogP contribution is -1.99. The van der Waals surface area contributed by atoms with E-state index in [1.807, 2.05) is 0 Å². The zero-order valence-electron chi connectivity index (χ0n) is 20.3. The first kappa shape index (κ1) is 28.1. The van der Waals surface area contributed by atoms with Crippen molar-refractivity contribution in [2.75, 3.05) is 0 Å². The summed E-state index contributed by atoms with van der Waals surface area (Å²) in [5.41, 5.74) is 0.991. The van der Waals surface area contributed by atoms with Gasteiger partial charge in [0.1, 0.15) is 0 Å². The summed E-state index contributed by atoms with van der Waals surface area (Å²) in [7, 11) is 0. The van der Waals surface area contributed by atoms with Crippen LogP contribution in [0.4, 0.5) is 0 Å². The molecule has 1 N–H and O–H groups in total. The number of carbonyl (C=O) groups is 2. The van der Waals surface area contributed by atoms with Gasteiger partial charge >= 0.3 is 0 Å². The third kappa shape index (κ3) is 16.4. The molecule has 0 bridgehead atoms. The molecule has 0 aliphatic rings. The van der Waals surface area contributed by atoms with Crippen LogP contribution in [0.25, 0.3) is 0 Å². The molecule has 1 rings (SSSR count). The number of H-pyrrole nitrogens is 1. The summed E-state index contributed by atoms with van der Waals surface area (Å²) in [6.45, 7) is 2.15. The van der Waals surface area contributed by atoms with Crippen molar-refractivity contribution in [3.05, 3.63) is 96.4 Å². The van der Waals surface area contributed by atoms with Crippen molar-refractivity contribution >= 4 is 12.1 Å². The number of carbonyl (C=O) groups excluding carboxylic acids is 2. The van der Waals surface area contributed by atoms with Crippen molar-refractivity contribution in [1.82, 2.24) is 4.98 Å². The third-order valence-electron chi connectivity index (χ3n) is 5.01. The first-order valence-corrected chi connectivity index (χ1v) is 12.3. The Morgan fingerprint density at radius 3 is 1.70 bits per heavy atom. The molecule has 0 spiro atoms. The Morgan fingerprint density at radius 1 is 0.697 bits per heavy atom. The Labute approximate surface area is 200 Å². The van der Waals surface area contributed by atoms with E-state index >= 15 is 0 Å². The highest BCUT2D eigenvalue weighted by Crippen LogP contribution is 2.09. The molecule has 1 heterocycles. The molecule has 1 aromatic rings. The van der Waals surface area contributed by atoms with Crippen LogP contribution in [0.15, 0.2) is 85.0 Å². The van der Waals surface area contributed by atoms with E-state index in [1.165, 1.54) is 0 Å². The highest BCUT2D eigenvalue weighted by atomic mass is 16.1. The lowest BCUT2D eigenvalue weighted by atomic mass is 10.1. The predicted octanol–water partition coefficient (Wildman–Crippen LogP) is 8.66. The van der Waals surface area contributed by atoms with Crippen LogP contribution in [-0.2, 0) is 0 Å². The summed E-state index contributed by atoms with van der Waals surface area (Å²) < 4.78 is 0. The van der Waals surface area contributed by atoms with Gasteiger partial charge in [0, 0.05) is 6.42 Å². The maximum absolute atomic E-state index is 12.0.